The van der Waals surface area contributed by atoms with E-state index < -0.39 is 11.6 Å². The van der Waals surface area contributed by atoms with E-state index >= 15 is 0 Å². The van der Waals surface area contributed by atoms with Crippen LogP contribution in [-0.4, -0.2) is 71.1 Å². The van der Waals surface area contributed by atoms with Gasteiger partial charge in [0.1, 0.15) is 12.4 Å². The van der Waals surface area contributed by atoms with E-state index in [1.165, 1.54) is 6.07 Å². The molecule has 8 heteroatoms. The maximum atomic E-state index is 13.1. The van der Waals surface area contributed by atoms with E-state index in [2.05, 4.69) is 15.2 Å². The second kappa shape index (κ2) is 10.9. The summed E-state index contributed by atoms with van der Waals surface area (Å²) in [6.07, 6.45) is 1.05. The molecule has 146 valence electrons. The highest BCUT2D eigenvalue weighted by atomic mass is 19.2. The highest BCUT2D eigenvalue weighted by Crippen LogP contribution is 2.17. The van der Waals surface area contributed by atoms with Gasteiger partial charge in [0.15, 0.2) is 17.6 Å². The van der Waals surface area contributed by atoms with Crippen LogP contribution in [-0.2, 0) is 9.47 Å². The number of methoxy groups -OCH3 is 1. The van der Waals surface area contributed by atoms with Crippen molar-refractivity contribution >= 4 is 5.96 Å². The van der Waals surface area contributed by atoms with Crippen LogP contribution in [0, 0.1) is 17.6 Å². The van der Waals surface area contributed by atoms with Crippen molar-refractivity contribution in [1.29, 1.82) is 0 Å². The molecule has 0 spiro atoms. The quantitative estimate of drug-likeness (QED) is 0.408. The molecule has 6 nitrogen and oxygen atoms in total. The van der Waals surface area contributed by atoms with E-state index in [4.69, 9.17) is 14.2 Å². The molecule has 0 bridgehead atoms. The summed E-state index contributed by atoms with van der Waals surface area (Å²) >= 11 is 0. The molecule has 0 aromatic heterocycles. The van der Waals surface area contributed by atoms with Gasteiger partial charge in [-0.25, -0.2) is 8.78 Å². The Hall–Kier alpha value is -1.93. The van der Waals surface area contributed by atoms with Crippen LogP contribution in [0.25, 0.3) is 0 Å². The van der Waals surface area contributed by atoms with Crippen molar-refractivity contribution in [3.63, 3.8) is 0 Å². The number of nitrogens with one attached hydrogen (secondary N) is 1. The largest absolute Gasteiger partial charge is 0.492 e. The summed E-state index contributed by atoms with van der Waals surface area (Å²) in [5.41, 5.74) is 0. The fourth-order valence-electron chi connectivity index (χ4n) is 2.78. The van der Waals surface area contributed by atoms with Crippen LogP contribution in [0.5, 0.6) is 5.75 Å². The Morgan fingerprint density at radius 1 is 1.27 bits per heavy atom. The standard InChI is InChI=1S/C18H27F2N3O3/c1-21-18(23-7-5-14(12-23)13-25-10-9-24-2)22-6-8-26-15-3-4-16(19)17(20)11-15/h3-4,11,14H,5-10,12-13H2,1-2H3,(H,21,22). The zero-order valence-corrected chi connectivity index (χ0v) is 15.3. The van der Waals surface area contributed by atoms with Crippen molar-refractivity contribution in [3.05, 3.63) is 29.8 Å². The molecule has 26 heavy (non-hydrogen) atoms. The Balaban J connectivity index is 1.67. The lowest BCUT2D eigenvalue weighted by Gasteiger charge is -2.21. The number of hydrogen-bond donors (Lipinski definition) is 1. The van der Waals surface area contributed by atoms with Crippen LogP contribution in [0.1, 0.15) is 6.42 Å². The van der Waals surface area contributed by atoms with Gasteiger partial charge in [-0.3, -0.25) is 4.99 Å². The Kier molecular flexibility index (Phi) is 8.57. The number of nitrogens with zero attached hydrogens (tertiary/aromatic N) is 2. The first-order chi connectivity index (χ1) is 12.6. The lowest BCUT2D eigenvalue weighted by molar-refractivity contribution is 0.0536. The smallest absolute Gasteiger partial charge is 0.193 e. The first-order valence-corrected chi connectivity index (χ1v) is 8.74. The second-order valence-corrected chi connectivity index (χ2v) is 6.07. The van der Waals surface area contributed by atoms with Crippen molar-refractivity contribution < 1.29 is 23.0 Å². The number of halogens is 2. The predicted octanol–water partition coefficient (Wildman–Crippen LogP) is 1.90. The summed E-state index contributed by atoms with van der Waals surface area (Å²) in [7, 11) is 3.40. The summed E-state index contributed by atoms with van der Waals surface area (Å²) in [6, 6.07) is 3.50. The summed E-state index contributed by atoms with van der Waals surface area (Å²) in [4.78, 5) is 6.47. The molecule has 0 saturated carbocycles. The highest BCUT2D eigenvalue weighted by Gasteiger charge is 2.24. The topological polar surface area (TPSA) is 55.3 Å². The number of rotatable bonds is 9. The predicted molar refractivity (Wildman–Crippen MR) is 95.6 cm³/mol. The van der Waals surface area contributed by atoms with E-state index in [1.54, 1.807) is 14.2 Å². The minimum Gasteiger partial charge on any atom is -0.492 e. The molecule has 1 atom stereocenters. The van der Waals surface area contributed by atoms with Crippen LogP contribution in [0.4, 0.5) is 8.78 Å². The minimum absolute atomic E-state index is 0.301. The first-order valence-electron chi connectivity index (χ1n) is 8.74. The molecule has 1 fully saturated rings. The summed E-state index contributed by atoms with van der Waals surface area (Å²) in [5.74, 6) is -0.218. The van der Waals surface area contributed by atoms with E-state index in [-0.39, 0.29) is 0 Å². The lowest BCUT2D eigenvalue weighted by Crippen LogP contribution is -2.41. The Labute approximate surface area is 153 Å². The Morgan fingerprint density at radius 3 is 2.85 bits per heavy atom. The van der Waals surface area contributed by atoms with Crippen LogP contribution in [0.3, 0.4) is 0 Å². The molecule has 1 N–H and O–H groups in total. The molecule has 0 radical (unpaired) electrons. The van der Waals surface area contributed by atoms with Crippen LogP contribution >= 0.6 is 0 Å². The van der Waals surface area contributed by atoms with Crippen LogP contribution in [0.2, 0.25) is 0 Å². The summed E-state index contributed by atoms with van der Waals surface area (Å²) in [5, 5.41) is 3.23. The third-order valence-corrected chi connectivity index (χ3v) is 4.13. The van der Waals surface area contributed by atoms with Gasteiger partial charge >= 0.3 is 0 Å². The molecule has 1 heterocycles. The van der Waals surface area contributed by atoms with Gasteiger partial charge in [-0.15, -0.1) is 0 Å². The Bertz CT molecular complexity index is 587. The fraction of sp³-hybridized carbons (Fsp3) is 0.611. The van der Waals surface area contributed by atoms with Gasteiger partial charge in [-0.05, 0) is 18.6 Å². The van der Waals surface area contributed by atoms with Crippen molar-refractivity contribution in [2.75, 3.05) is 60.2 Å². The van der Waals surface area contributed by atoms with Gasteiger partial charge in [-0.1, -0.05) is 0 Å². The van der Waals surface area contributed by atoms with Crippen molar-refractivity contribution in [2.24, 2.45) is 10.9 Å². The van der Waals surface area contributed by atoms with Gasteiger partial charge in [-0.2, -0.15) is 0 Å². The maximum absolute atomic E-state index is 13.1. The number of guanidine groups is 1. The molecule has 1 saturated heterocycles. The molecule has 0 aliphatic carbocycles. The summed E-state index contributed by atoms with van der Waals surface area (Å²) < 4.78 is 42.0. The maximum Gasteiger partial charge on any atom is 0.193 e. The molecule has 1 aromatic carbocycles. The molecule has 1 aliphatic heterocycles. The SMILES string of the molecule is CN=C(NCCOc1ccc(F)c(F)c1)N1CCC(COCCOC)C1. The van der Waals surface area contributed by atoms with Crippen LogP contribution < -0.4 is 10.1 Å². The molecule has 0 amide bonds. The van der Waals surface area contributed by atoms with E-state index in [1.807, 2.05) is 0 Å². The Morgan fingerprint density at radius 2 is 2.12 bits per heavy atom. The molecule has 1 aromatic rings. The number of aliphatic imine (C=N–C) groups is 1. The lowest BCUT2D eigenvalue weighted by atomic mass is 10.1. The third kappa shape index (κ3) is 6.42. The van der Waals surface area contributed by atoms with Crippen molar-refractivity contribution in [1.82, 2.24) is 10.2 Å². The monoisotopic (exact) mass is 371 g/mol. The van der Waals surface area contributed by atoms with E-state index in [0.717, 1.165) is 44.2 Å². The average Bonchev–Trinajstić information content (AvgIpc) is 3.10. The number of benzene rings is 1. The molecule has 1 unspecified atom stereocenters. The van der Waals surface area contributed by atoms with Gasteiger partial charge < -0.3 is 24.4 Å². The van der Waals surface area contributed by atoms with E-state index in [9.17, 15) is 8.78 Å². The van der Waals surface area contributed by atoms with Crippen molar-refractivity contribution in [2.45, 2.75) is 6.42 Å². The van der Waals surface area contributed by atoms with Gasteiger partial charge in [0, 0.05) is 39.2 Å². The molecular formula is C18H27F2N3O3. The fourth-order valence-corrected chi connectivity index (χ4v) is 2.78. The zero-order chi connectivity index (χ0) is 18.8. The normalized spacial score (nSPS) is 17.6. The average molecular weight is 371 g/mol. The van der Waals surface area contributed by atoms with Gasteiger partial charge in [0.25, 0.3) is 0 Å². The zero-order valence-electron chi connectivity index (χ0n) is 15.3. The van der Waals surface area contributed by atoms with Gasteiger partial charge in [0.2, 0.25) is 0 Å². The van der Waals surface area contributed by atoms with Gasteiger partial charge in [0.05, 0.1) is 26.4 Å². The molecule has 2 rings (SSSR count). The first kappa shape index (κ1) is 20.4. The van der Waals surface area contributed by atoms with E-state index in [0.29, 0.717) is 38.0 Å². The number of hydrogen-bond acceptors (Lipinski definition) is 4. The highest BCUT2D eigenvalue weighted by molar-refractivity contribution is 5.80. The molecule has 1 aliphatic rings. The second-order valence-electron chi connectivity index (χ2n) is 6.07. The minimum atomic E-state index is -0.915. The van der Waals surface area contributed by atoms with Crippen LogP contribution in [0.15, 0.2) is 23.2 Å². The number of likely N-dealkylation sites (tertiary alicyclic amines) is 1. The third-order valence-electron chi connectivity index (χ3n) is 4.13. The molecular weight excluding hydrogens is 344 g/mol. The number of ether oxygens (including phenoxy) is 3. The van der Waals surface area contributed by atoms with Crippen molar-refractivity contribution in [3.8, 4) is 5.75 Å². The summed E-state index contributed by atoms with van der Waals surface area (Å²) in [6.45, 7) is 4.58.